The number of pyridine rings is 1. The predicted octanol–water partition coefficient (Wildman–Crippen LogP) is 1.48. The summed E-state index contributed by atoms with van der Waals surface area (Å²) in [6.07, 6.45) is 4.93. The van der Waals surface area contributed by atoms with E-state index in [-0.39, 0.29) is 5.97 Å². The molecule has 0 aliphatic carbocycles. The van der Waals surface area contributed by atoms with E-state index in [0.29, 0.717) is 17.1 Å². The third-order valence-corrected chi connectivity index (χ3v) is 3.63. The maximum Gasteiger partial charge on any atom is 0.338 e. The lowest BCUT2D eigenvalue weighted by atomic mass is 9.98. The molecule has 0 radical (unpaired) electrons. The molecule has 3 heterocycles. The third kappa shape index (κ3) is 2.51. The maximum atomic E-state index is 11.5. The molecule has 0 bridgehead atoms. The number of hydrogen-bond acceptors (Lipinski definition) is 5. The van der Waals surface area contributed by atoms with Crippen LogP contribution in [0.1, 0.15) is 29.0 Å². The van der Waals surface area contributed by atoms with Crippen LogP contribution in [-0.2, 0) is 15.9 Å². The second-order valence-electron chi connectivity index (χ2n) is 5.04. The van der Waals surface area contributed by atoms with Crippen LogP contribution >= 0.6 is 0 Å². The van der Waals surface area contributed by atoms with Crippen molar-refractivity contribution in [3.8, 4) is 0 Å². The van der Waals surface area contributed by atoms with Gasteiger partial charge < -0.3 is 9.47 Å². The maximum absolute atomic E-state index is 11.5. The Balaban J connectivity index is 1.84. The van der Waals surface area contributed by atoms with Crippen molar-refractivity contribution < 1.29 is 14.3 Å². The molecule has 2 aromatic heterocycles. The van der Waals surface area contributed by atoms with Crippen LogP contribution in [0.5, 0.6) is 0 Å². The van der Waals surface area contributed by atoms with E-state index in [9.17, 15) is 4.79 Å². The zero-order valence-electron chi connectivity index (χ0n) is 11.4. The van der Waals surface area contributed by atoms with Gasteiger partial charge in [-0.2, -0.15) is 0 Å². The van der Waals surface area contributed by atoms with E-state index in [4.69, 9.17) is 9.47 Å². The molecule has 6 nitrogen and oxygen atoms in total. The minimum atomic E-state index is -0.363. The van der Waals surface area contributed by atoms with E-state index in [0.717, 1.165) is 38.3 Å². The van der Waals surface area contributed by atoms with Gasteiger partial charge in [-0.05, 0) is 30.9 Å². The smallest absolute Gasteiger partial charge is 0.338 e. The normalized spacial score (nSPS) is 19.1. The number of fused-ring (bicyclic) bond motifs is 1. The van der Waals surface area contributed by atoms with E-state index in [1.165, 1.54) is 7.11 Å². The average Bonchev–Trinajstić information content (AvgIpc) is 2.90. The van der Waals surface area contributed by atoms with E-state index in [1.54, 1.807) is 12.1 Å². The number of methoxy groups -OCH3 is 1. The standard InChI is InChI=1S/C14H17N3O3/c1-19-14(18)11-4-5-17-12(15-16-13(17)8-11)7-10-3-2-6-20-9-10/h4-5,8,10H,2-3,6-7,9H2,1H3. The van der Waals surface area contributed by atoms with Gasteiger partial charge in [0.05, 0.1) is 12.7 Å². The van der Waals surface area contributed by atoms with Crippen LogP contribution in [-0.4, -0.2) is 40.9 Å². The summed E-state index contributed by atoms with van der Waals surface area (Å²) in [7, 11) is 1.37. The SMILES string of the molecule is COC(=O)c1ccn2c(CC3CCCOC3)nnc2c1. The summed E-state index contributed by atoms with van der Waals surface area (Å²) in [5.41, 5.74) is 1.15. The quantitative estimate of drug-likeness (QED) is 0.794. The van der Waals surface area contributed by atoms with Crippen molar-refractivity contribution in [2.75, 3.05) is 20.3 Å². The Morgan fingerprint density at radius 3 is 3.20 bits per heavy atom. The molecule has 6 heteroatoms. The summed E-state index contributed by atoms with van der Waals surface area (Å²) >= 11 is 0. The molecule has 0 amide bonds. The lowest BCUT2D eigenvalue weighted by Crippen LogP contribution is -2.20. The highest BCUT2D eigenvalue weighted by Gasteiger charge is 2.18. The molecule has 0 spiro atoms. The van der Waals surface area contributed by atoms with Crippen LogP contribution in [0.15, 0.2) is 18.3 Å². The minimum absolute atomic E-state index is 0.363. The highest BCUT2D eigenvalue weighted by molar-refractivity contribution is 5.90. The number of rotatable bonds is 3. The van der Waals surface area contributed by atoms with Gasteiger partial charge in [-0.25, -0.2) is 4.79 Å². The lowest BCUT2D eigenvalue weighted by molar-refractivity contribution is 0.0542. The Bertz CT molecular complexity index is 617. The fourth-order valence-electron chi connectivity index (χ4n) is 2.55. The molecule has 20 heavy (non-hydrogen) atoms. The van der Waals surface area contributed by atoms with Crippen molar-refractivity contribution in [2.24, 2.45) is 5.92 Å². The van der Waals surface area contributed by atoms with E-state index in [2.05, 4.69) is 10.2 Å². The van der Waals surface area contributed by atoms with Gasteiger partial charge in [0.25, 0.3) is 0 Å². The molecule has 2 aromatic rings. The number of nitrogens with zero attached hydrogens (tertiary/aromatic N) is 3. The summed E-state index contributed by atoms with van der Waals surface area (Å²) in [5.74, 6) is 1.04. The van der Waals surface area contributed by atoms with Gasteiger partial charge in [0.2, 0.25) is 0 Å². The van der Waals surface area contributed by atoms with Crippen molar-refractivity contribution in [3.05, 3.63) is 29.7 Å². The zero-order chi connectivity index (χ0) is 13.9. The molecule has 1 aliphatic heterocycles. The van der Waals surface area contributed by atoms with Crippen molar-refractivity contribution in [1.82, 2.24) is 14.6 Å². The first-order chi connectivity index (χ1) is 9.78. The molecule has 1 saturated heterocycles. The van der Waals surface area contributed by atoms with Gasteiger partial charge in [0.1, 0.15) is 5.82 Å². The third-order valence-electron chi connectivity index (χ3n) is 3.63. The van der Waals surface area contributed by atoms with Gasteiger partial charge in [0, 0.05) is 25.8 Å². The van der Waals surface area contributed by atoms with Gasteiger partial charge >= 0.3 is 5.97 Å². The number of aromatic nitrogens is 3. The predicted molar refractivity (Wildman–Crippen MR) is 71.6 cm³/mol. The summed E-state index contributed by atoms with van der Waals surface area (Å²) < 4.78 is 12.1. The van der Waals surface area contributed by atoms with Crippen LogP contribution in [0.25, 0.3) is 5.65 Å². The van der Waals surface area contributed by atoms with Gasteiger partial charge in [-0.15, -0.1) is 10.2 Å². The molecule has 1 fully saturated rings. The molecule has 3 rings (SSSR count). The summed E-state index contributed by atoms with van der Waals surface area (Å²) in [4.78, 5) is 11.5. The second-order valence-corrected chi connectivity index (χ2v) is 5.04. The van der Waals surface area contributed by atoms with Gasteiger partial charge in [0.15, 0.2) is 5.65 Å². The minimum Gasteiger partial charge on any atom is -0.465 e. The zero-order valence-corrected chi connectivity index (χ0v) is 11.4. The van der Waals surface area contributed by atoms with Gasteiger partial charge in [-0.3, -0.25) is 4.40 Å². The first kappa shape index (κ1) is 13.1. The Labute approximate surface area is 116 Å². The fourth-order valence-corrected chi connectivity index (χ4v) is 2.55. The van der Waals surface area contributed by atoms with Gasteiger partial charge in [-0.1, -0.05) is 0 Å². The van der Waals surface area contributed by atoms with E-state index in [1.807, 2.05) is 10.6 Å². The van der Waals surface area contributed by atoms with Crippen molar-refractivity contribution >= 4 is 11.6 Å². The number of carbonyl (C=O) groups excluding carboxylic acids is 1. The highest BCUT2D eigenvalue weighted by Crippen LogP contribution is 2.18. The first-order valence-electron chi connectivity index (χ1n) is 6.77. The van der Waals surface area contributed by atoms with Crippen molar-refractivity contribution in [2.45, 2.75) is 19.3 Å². The van der Waals surface area contributed by atoms with Crippen molar-refractivity contribution in [1.29, 1.82) is 0 Å². The molecule has 1 atom stereocenters. The number of ether oxygens (including phenoxy) is 2. The van der Waals surface area contributed by atoms with E-state index < -0.39 is 0 Å². The number of carbonyl (C=O) groups is 1. The summed E-state index contributed by atoms with van der Waals surface area (Å²) in [5, 5.41) is 8.35. The van der Waals surface area contributed by atoms with Crippen LogP contribution in [0.2, 0.25) is 0 Å². The molecular weight excluding hydrogens is 258 g/mol. The second kappa shape index (κ2) is 5.58. The Morgan fingerprint density at radius 2 is 2.45 bits per heavy atom. The van der Waals surface area contributed by atoms with E-state index >= 15 is 0 Å². The van der Waals surface area contributed by atoms with Crippen LogP contribution in [0.4, 0.5) is 0 Å². The molecular formula is C14H17N3O3. The highest BCUT2D eigenvalue weighted by atomic mass is 16.5. The van der Waals surface area contributed by atoms with Crippen LogP contribution in [0, 0.1) is 5.92 Å². The Hall–Kier alpha value is -1.95. The first-order valence-corrected chi connectivity index (χ1v) is 6.77. The molecule has 0 N–H and O–H groups in total. The topological polar surface area (TPSA) is 65.7 Å². The lowest BCUT2D eigenvalue weighted by Gasteiger charge is -2.21. The summed E-state index contributed by atoms with van der Waals surface area (Å²) in [6.45, 7) is 1.65. The molecule has 1 aliphatic rings. The molecule has 0 saturated carbocycles. The summed E-state index contributed by atoms with van der Waals surface area (Å²) in [6, 6.07) is 3.42. The number of esters is 1. The molecule has 0 aromatic carbocycles. The number of hydrogen-bond donors (Lipinski definition) is 0. The molecule has 106 valence electrons. The van der Waals surface area contributed by atoms with Crippen LogP contribution in [0.3, 0.4) is 0 Å². The molecule has 1 unspecified atom stereocenters. The fraction of sp³-hybridized carbons (Fsp3) is 0.500. The Kier molecular flexibility index (Phi) is 3.64. The monoisotopic (exact) mass is 275 g/mol. The average molecular weight is 275 g/mol. The van der Waals surface area contributed by atoms with Crippen LogP contribution < -0.4 is 0 Å². The van der Waals surface area contributed by atoms with Crippen molar-refractivity contribution in [3.63, 3.8) is 0 Å². The largest absolute Gasteiger partial charge is 0.465 e. The Morgan fingerprint density at radius 1 is 1.55 bits per heavy atom.